The van der Waals surface area contributed by atoms with Gasteiger partial charge in [-0.25, -0.2) is 18.6 Å². The lowest BCUT2D eigenvalue weighted by molar-refractivity contribution is -0.156. The minimum atomic E-state index is -5.17. The molecule has 25 heavy (non-hydrogen) atoms. The van der Waals surface area contributed by atoms with Crippen LogP contribution in [0.15, 0.2) is 0 Å². The number of hydrogen-bond donors (Lipinski definition) is 2. The summed E-state index contributed by atoms with van der Waals surface area (Å²) in [4.78, 5) is 25.3. The van der Waals surface area contributed by atoms with Crippen LogP contribution in [0.1, 0.15) is 6.42 Å². The largest absolute Gasteiger partial charge is 0.418 e. The third-order valence-corrected chi connectivity index (χ3v) is 4.52. The van der Waals surface area contributed by atoms with Gasteiger partial charge in [0.1, 0.15) is 12.1 Å². The van der Waals surface area contributed by atoms with Gasteiger partial charge in [-0.2, -0.15) is 13.5 Å². The van der Waals surface area contributed by atoms with E-state index in [2.05, 4.69) is 9.71 Å². The van der Waals surface area contributed by atoms with Crippen molar-refractivity contribution in [2.75, 3.05) is 32.8 Å². The molecule has 2 N–H and O–H groups in total. The molecule has 3 amide bonds. The van der Waals surface area contributed by atoms with Crippen LogP contribution < -0.4 is 5.43 Å². The highest BCUT2D eigenvalue weighted by atomic mass is 32.3. The second-order valence-corrected chi connectivity index (χ2v) is 6.84. The highest BCUT2D eigenvalue weighted by Crippen LogP contribution is 2.41. The van der Waals surface area contributed by atoms with Gasteiger partial charge in [-0.15, -0.1) is 4.28 Å². The molecule has 11 nitrogen and oxygen atoms in total. The summed E-state index contributed by atoms with van der Waals surface area (Å²) in [7, 11) is -5.17. The standard InChI is InChI=1S/C11H16F2N4O7S/c12-11(13)5-7(9(18)14-15-1-3-23-4-2-15)16-6-8(11)17(10(16)19)24-25(20,21)22/h7-8H,1-6H2,(H,14,18)(H,20,21,22)/t7-,8-/m0/s1. The summed E-state index contributed by atoms with van der Waals surface area (Å²) >= 11 is 0. The predicted octanol–water partition coefficient (Wildman–Crippen LogP) is -1.40. The molecular formula is C11H16F2N4O7S. The van der Waals surface area contributed by atoms with Gasteiger partial charge < -0.3 is 9.64 Å². The first-order valence-electron chi connectivity index (χ1n) is 7.36. The van der Waals surface area contributed by atoms with Crippen LogP contribution in [-0.4, -0.2) is 90.7 Å². The summed E-state index contributed by atoms with van der Waals surface area (Å²) in [6.07, 6.45) is -0.995. The Balaban J connectivity index is 1.77. The topological polar surface area (TPSA) is 129 Å². The van der Waals surface area contributed by atoms with Crippen LogP contribution in [0.4, 0.5) is 13.6 Å². The Labute approximate surface area is 141 Å². The van der Waals surface area contributed by atoms with E-state index in [9.17, 15) is 26.8 Å². The Morgan fingerprint density at radius 2 is 2.00 bits per heavy atom. The fraction of sp³-hybridized carbons (Fsp3) is 0.818. The number of fused-ring (bicyclic) bond motifs is 2. The first kappa shape index (κ1) is 18.2. The average Bonchev–Trinajstić information content (AvgIpc) is 2.79. The maximum atomic E-state index is 14.3. The predicted molar refractivity (Wildman–Crippen MR) is 74.2 cm³/mol. The lowest BCUT2D eigenvalue weighted by atomic mass is 9.96. The van der Waals surface area contributed by atoms with Crippen molar-refractivity contribution in [1.29, 1.82) is 0 Å². The van der Waals surface area contributed by atoms with Crippen molar-refractivity contribution in [3.63, 3.8) is 0 Å². The Kier molecular flexibility index (Phi) is 4.57. The quantitative estimate of drug-likeness (QED) is 0.565. The molecule has 0 aliphatic carbocycles. The van der Waals surface area contributed by atoms with E-state index < -0.39 is 53.3 Å². The van der Waals surface area contributed by atoms with Crippen LogP contribution in [0.2, 0.25) is 0 Å². The number of carbonyl (C=O) groups is 2. The monoisotopic (exact) mass is 386 g/mol. The number of amides is 3. The molecular weight excluding hydrogens is 370 g/mol. The summed E-state index contributed by atoms with van der Waals surface area (Å²) in [5, 5.41) is 1.39. The molecule has 0 spiro atoms. The molecule has 0 unspecified atom stereocenters. The van der Waals surface area contributed by atoms with Crippen LogP contribution in [0.5, 0.6) is 0 Å². The number of hydrogen-bond acceptors (Lipinski definition) is 7. The summed E-state index contributed by atoms with van der Waals surface area (Å²) in [6, 6.07) is -4.66. The molecule has 2 bridgehead atoms. The van der Waals surface area contributed by atoms with Crippen LogP contribution in [0, 0.1) is 0 Å². The van der Waals surface area contributed by atoms with Gasteiger partial charge in [0.05, 0.1) is 19.8 Å². The number of hydroxylamine groups is 2. The van der Waals surface area contributed by atoms with E-state index in [1.165, 1.54) is 5.01 Å². The van der Waals surface area contributed by atoms with E-state index >= 15 is 0 Å². The molecule has 3 rings (SSSR count). The van der Waals surface area contributed by atoms with Gasteiger partial charge in [-0.1, -0.05) is 0 Å². The number of morpholine rings is 1. The zero-order valence-corrected chi connectivity index (χ0v) is 13.6. The molecule has 2 atom stereocenters. The molecule has 0 saturated carbocycles. The third-order valence-electron chi connectivity index (χ3n) is 4.17. The van der Waals surface area contributed by atoms with Gasteiger partial charge in [0.25, 0.3) is 11.8 Å². The van der Waals surface area contributed by atoms with Gasteiger partial charge in [-0.3, -0.25) is 14.8 Å². The fourth-order valence-electron chi connectivity index (χ4n) is 2.99. The number of ether oxygens (including phenoxy) is 1. The molecule has 14 heteroatoms. The first-order chi connectivity index (χ1) is 11.6. The molecule has 3 heterocycles. The van der Waals surface area contributed by atoms with E-state index in [4.69, 9.17) is 9.29 Å². The third kappa shape index (κ3) is 3.67. The highest BCUT2D eigenvalue weighted by molar-refractivity contribution is 7.80. The normalized spacial score (nSPS) is 29.8. The van der Waals surface area contributed by atoms with Crippen molar-refractivity contribution >= 4 is 22.3 Å². The molecule has 3 aliphatic rings. The maximum Gasteiger partial charge on any atom is 0.418 e. The molecule has 0 aromatic rings. The average molecular weight is 386 g/mol. The number of urea groups is 1. The fourth-order valence-corrected chi connectivity index (χ4v) is 3.36. The number of nitrogens with one attached hydrogen (secondary N) is 1. The van der Waals surface area contributed by atoms with Gasteiger partial charge in [-0.05, 0) is 0 Å². The number of piperidine rings is 1. The number of rotatable bonds is 4. The Bertz CT molecular complexity index is 669. The lowest BCUT2D eigenvalue weighted by Gasteiger charge is -2.36. The van der Waals surface area contributed by atoms with Gasteiger partial charge in [0.15, 0.2) is 0 Å². The number of nitrogens with zero attached hydrogens (tertiary/aromatic N) is 3. The zero-order chi connectivity index (χ0) is 18.4. The Hall–Kier alpha value is -1.61. The smallest absolute Gasteiger partial charge is 0.379 e. The van der Waals surface area contributed by atoms with Crippen molar-refractivity contribution in [2.45, 2.75) is 24.4 Å². The van der Waals surface area contributed by atoms with Gasteiger partial charge in [0, 0.05) is 19.5 Å². The van der Waals surface area contributed by atoms with Gasteiger partial charge in [0.2, 0.25) is 0 Å². The molecule has 0 aromatic carbocycles. The van der Waals surface area contributed by atoms with E-state index in [-0.39, 0.29) is 5.06 Å². The minimum absolute atomic E-state index is 0.0999. The summed E-state index contributed by atoms with van der Waals surface area (Å²) in [5.74, 6) is -4.40. The SMILES string of the molecule is O=C(NN1CCOCC1)[C@@H]1CC(F)(F)[C@@H]2CN1C(=O)N2OS(=O)(=O)O. The molecule has 0 radical (unpaired) electrons. The number of alkyl halides is 2. The number of halogens is 2. The summed E-state index contributed by atoms with van der Waals surface area (Å²) in [6.45, 7) is 0.846. The lowest BCUT2D eigenvalue weighted by Crippen LogP contribution is -2.59. The summed E-state index contributed by atoms with van der Waals surface area (Å²) < 4.78 is 67.9. The Morgan fingerprint density at radius 1 is 1.36 bits per heavy atom. The molecule has 142 valence electrons. The summed E-state index contributed by atoms with van der Waals surface area (Å²) in [5.41, 5.74) is 2.45. The number of carbonyl (C=O) groups excluding carboxylic acids is 2. The van der Waals surface area contributed by atoms with Gasteiger partial charge >= 0.3 is 16.4 Å². The van der Waals surface area contributed by atoms with E-state index in [1.807, 2.05) is 0 Å². The second-order valence-electron chi connectivity index (χ2n) is 5.84. The van der Waals surface area contributed by atoms with E-state index in [1.54, 1.807) is 0 Å². The minimum Gasteiger partial charge on any atom is -0.379 e. The van der Waals surface area contributed by atoms with E-state index in [0.717, 1.165) is 4.90 Å². The van der Waals surface area contributed by atoms with Crippen molar-refractivity contribution in [3.05, 3.63) is 0 Å². The van der Waals surface area contributed by atoms with Crippen LogP contribution in [0.3, 0.4) is 0 Å². The van der Waals surface area contributed by atoms with Crippen LogP contribution >= 0.6 is 0 Å². The van der Waals surface area contributed by atoms with Crippen molar-refractivity contribution < 1.29 is 40.4 Å². The van der Waals surface area contributed by atoms with Crippen LogP contribution in [-0.2, 0) is 24.2 Å². The van der Waals surface area contributed by atoms with Crippen molar-refractivity contribution in [3.8, 4) is 0 Å². The highest BCUT2D eigenvalue weighted by Gasteiger charge is 2.62. The first-order valence-corrected chi connectivity index (χ1v) is 8.73. The maximum absolute atomic E-state index is 14.3. The van der Waals surface area contributed by atoms with E-state index in [0.29, 0.717) is 26.3 Å². The number of hydrazine groups is 1. The van der Waals surface area contributed by atoms with Crippen LogP contribution in [0.25, 0.3) is 0 Å². The molecule has 3 aliphatic heterocycles. The second kappa shape index (κ2) is 6.28. The zero-order valence-electron chi connectivity index (χ0n) is 12.8. The van der Waals surface area contributed by atoms with Crippen molar-refractivity contribution in [1.82, 2.24) is 20.4 Å². The molecule has 3 fully saturated rings. The Morgan fingerprint density at radius 3 is 2.60 bits per heavy atom. The van der Waals surface area contributed by atoms with Crippen molar-refractivity contribution in [2.24, 2.45) is 0 Å². The molecule has 0 aromatic heterocycles. The molecule has 3 saturated heterocycles.